The van der Waals surface area contributed by atoms with Crippen molar-refractivity contribution in [2.75, 3.05) is 26.2 Å². The summed E-state index contributed by atoms with van der Waals surface area (Å²) < 4.78 is 5.80. The monoisotopic (exact) mass is 380 g/mol. The number of aryl methyl sites for hydroxylation is 2. The molecule has 1 atom stereocenters. The number of carbonyl (C=O) groups excluding carboxylic acids is 2. The number of hydrogen-bond acceptors (Lipinski definition) is 3. The molecule has 0 saturated carbocycles. The summed E-state index contributed by atoms with van der Waals surface area (Å²) in [5.74, 6) is 0.685. The van der Waals surface area contributed by atoms with Crippen LogP contribution >= 0.6 is 0 Å². The van der Waals surface area contributed by atoms with E-state index in [-0.39, 0.29) is 11.8 Å². The van der Waals surface area contributed by atoms with Crippen molar-refractivity contribution in [3.05, 3.63) is 65.2 Å². The van der Waals surface area contributed by atoms with Gasteiger partial charge in [0.25, 0.3) is 11.8 Å². The molecule has 5 heteroatoms. The number of benzene rings is 2. The molecular weight excluding hydrogens is 352 g/mol. The molecule has 3 rings (SSSR count). The summed E-state index contributed by atoms with van der Waals surface area (Å²) in [4.78, 5) is 29.0. The first kappa shape index (κ1) is 19.9. The zero-order chi connectivity index (χ0) is 20.1. The minimum Gasteiger partial charge on any atom is -0.481 e. The van der Waals surface area contributed by atoms with Crippen molar-refractivity contribution in [1.82, 2.24) is 9.80 Å². The zero-order valence-electron chi connectivity index (χ0n) is 16.9. The topological polar surface area (TPSA) is 49.9 Å². The second-order valence-electron chi connectivity index (χ2n) is 7.24. The molecule has 5 nitrogen and oxygen atoms in total. The van der Waals surface area contributed by atoms with E-state index in [2.05, 4.69) is 6.92 Å². The van der Waals surface area contributed by atoms with Crippen molar-refractivity contribution in [3.63, 3.8) is 0 Å². The molecule has 148 valence electrons. The summed E-state index contributed by atoms with van der Waals surface area (Å²) in [6.07, 6.45) is 0.406. The van der Waals surface area contributed by atoms with E-state index in [4.69, 9.17) is 4.74 Å². The lowest BCUT2D eigenvalue weighted by molar-refractivity contribution is -0.139. The number of nitrogens with zero attached hydrogens (tertiary/aromatic N) is 2. The normalized spacial score (nSPS) is 15.2. The summed E-state index contributed by atoms with van der Waals surface area (Å²) in [7, 11) is 0. The maximum Gasteiger partial charge on any atom is 0.263 e. The minimum atomic E-state index is -0.550. The van der Waals surface area contributed by atoms with Crippen LogP contribution in [0.5, 0.6) is 5.75 Å². The SMILES string of the molecule is CCc1ccc(C(=O)N2CCN(C(=O)C(C)Oc3cccc(C)c3)CC2)cc1. The standard InChI is InChI=1S/C23H28N2O3/c1-4-19-8-10-20(11-9-19)23(27)25-14-12-24(13-15-25)22(26)18(3)28-21-7-5-6-17(2)16-21/h5-11,16,18H,4,12-15H2,1-3H3. The van der Waals surface area contributed by atoms with Gasteiger partial charge in [-0.3, -0.25) is 9.59 Å². The fourth-order valence-electron chi connectivity index (χ4n) is 3.40. The second kappa shape index (κ2) is 8.91. The van der Waals surface area contributed by atoms with E-state index in [1.54, 1.807) is 11.8 Å². The van der Waals surface area contributed by atoms with Gasteiger partial charge in [0.2, 0.25) is 0 Å². The van der Waals surface area contributed by atoms with Crippen LogP contribution in [0.2, 0.25) is 0 Å². The first-order valence-electron chi connectivity index (χ1n) is 9.88. The van der Waals surface area contributed by atoms with E-state index >= 15 is 0 Å². The van der Waals surface area contributed by atoms with Gasteiger partial charge < -0.3 is 14.5 Å². The van der Waals surface area contributed by atoms with Crippen molar-refractivity contribution in [1.29, 1.82) is 0 Å². The number of amides is 2. The van der Waals surface area contributed by atoms with Gasteiger partial charge in [-0.2, -0.15) is 0 Å². The molecule has 0 aromatic heterocycles. The first-order chi connectivity index (χ1) is 13.5. The van der Waals surface area contributed by atoms with E-state index in [0.29, 0.717) is 37.5 Å². The Morgan fingerprint density at radius 2 is 1.64 bits per heavy atom. The Balaban J connectivity index is 1.53. The van der Waals surface area contributed by atoms with Crippen LogP contribution in [0.4, 0.5) is 0 Å². The summed E-state index contributed by atoms with van der Waals surface area (Å²) in [6.45, 7) is 7.99. The van der Waals surface area contributed by atoms with Crippen LogP contribution < -0.4 is 4.74 Å². The predicted octanol–water partition coefficient (Wildman–Crippen LogP) is 3.31. The van der Waals surface area contributed by atoms with Crippen LogP contribution in [0, 0.1) is 6.92 Å². The summed E-state index contributed by atoms with van der Waals surface area (Å²) in [5, 5.41) is 0. The molecule has 0 aliphatic carbocycles. The smallest absolute Gasteiger partial charge is 0.263 e. The lowest BCUT2D eigenvalue weighted by atomic mass is 10.1. The summed E-state index contributed by atoms with van der Waals surface area (Å²) in [5.41, 5.74) is 3.01. The average Bonchev–Trinajstić information content (AvgIpc) is 2.73. The van der Waals surface area contributed by atoms with E-state index in [0.717, 1.165) is 12.0 Å². The molecule has 1 unspecified atom stereocenters. The Labute approximate surface area is 166 Å². The predicted molar refractivity (Wildman–Crippen MR) is 110 cm³/mol. The third-order valence-corrected chi connectivity index (χ3v) is 5.14. The van der Waals surface area contributed by atoms with Crippen LogP contribution in [0.1, 0.15) is 35.3 Å². The van der Waals surface area contributed by atoms with Crippen molar-refractivity contribution in [2.24, 2.45) is 0 Å². The zero-order valence-corrected chi connectivity index (χ0v) is 16.9. The molecule has 1 fully saturated rings. The highest BCUT2D eigenvalue weighted by atomic mass is 16.5. The van der Waals surface area contributed by atoms with Crippen molar-refractivity contribution in [2.45, 2.75) is 33.3 Å². The van der Waals surface area contributed by atoms with Crippen LogP contribution in [-0.4, -0.2) is 53.9 Å². The van der Waals surface area contributed by atoms with Crippen LogP contribution in [0.3, 0.4) is 0 Å². The average molecular weight is 380 g/mol. The molecule has 0 radical (unpaired) electrons. The minimum absolute atomic E-state index is 0.0267. The number of hydrogen-bond donors (Lipinski definition) is 0. The van der Waals surface area contributed by atoms with Crippen LogP contribution in [-0.2, 0) is 11.2 Å². The van der Waals surface area contributed by atoms with Crippen molar-refractivity contribution < 1.29 is 14.3 Å². The fourth-order valence-corrected chi connectivity index (χ4v) is 3.40. The van der Waals surface area contributed by atoms with Gasteiger partial charge in [-0.1, -0.05) is 31.2 Å². The van der Waals surface area contributed by atoms with Gasteiger partial charge in [0.05, 0.1) is 0 Å². The lowest BCUT2D eigenvalue weighted by Crippen LogP contribution is -2.53. The Morgan fingerprint density at radius 1 is 1.00 bits per heavy atom. The van der Waals surface area contributed by atoms with Gasteiger partial charge in [0.15, 0.2) is 6.10 Å². The number of piperazine rings is 1. The van der Waals surface area contributed by atoms with E-state index in [9.17, 15) is 9.59 Å². The maximum absolute atomic E-state index is 12.7. The molecule has 0 bridgehead atoms. The van der Waals surface area contributed by atoms with Crippen LogP contribution in [0.25, 0.3) is 0 Å². The second-order valence-corrected chi connectivity index (χ2v) is 7.24. The molecule has 1 aliphatic heterocycles. The Kier molecular flexibility index (Phi) is 6.34. The van der Waals surface area contributed by atoms with Crippen LogP contribution in [0.15, 0.2) is 48.5 Å². The largest absolute Gasteiger partial charge is 0.481 e. The third-order valence-electron chi connectivity index (χ3n) is 5.14. The van der Waals surface area contributed by atoms with Crippen molar-refractivity contribution in [3.8, 4) is 5.75 Å². The molecular formula is C23H28N2O3. The molecule has 2 aromatic rings. The van der Waals surface area contributed by atoms with Gasteiger partial charge in [0, 0.05) is 31.7 Å². The molecule has 1 saturated heterocycles. The highest BCUT2D eigenvalue weighted by molar-refractivity contribution is 5.94. The number of carbonyl (C=O) groups is 2. The highest BCUT2D eigenvalue weighted by Gasteiger charge is 2.28. The third kappa shape index (κ3) is 4.71. The van der Waals surface area contributed by atoms with E-state index < -0.39 is 6.10 Å². The summed E-state index contributed by atoms with van der Waals surface area (Å²) >= 11 is 0. The fraction of sp³-hybridized carbons (Fsp3) is 0.391. The maximum atomic E-state index is 12.7. The van der Waals surface area contributed by atoms with Gasteiger partial charge in [-0.25, -0.2) is 0 Å². The van der Waals surface area contributed by atoms with Gasteiger partial charge in [-0.05, 0) is 55.7 Å². The van der Waals surface area contributed by atoms with Gasteiger partial charge >= 0.3 is 0 Å². The first-order valence-corrected chi connectivity index (χ1v) is 9.88. The Hall–Kier alpha value is -2.82. The quantitative estimate of drug-likeness (QED) is 0.800. The molecule has 2 aromatic carbocycles. The van der Waals surface area contributed by atoms with Gasteiger partial charge in [-0.15, -0.1) is 0 Å². The van der Waals surface area contributed by atoms with E-state index in [1.165, 1.54) is 5.56 Å². The van der Waals surface area contributed by atoms with E-state index in [1.807, 2.05) is 60.4 Å². The molecule has 1 heterocycles. The van der Waals surface area contributed by atoms with Gasteiger partial charge in [0.1, 0.15) is 5.75 Å². The lowest BCUT2D eigenvalue weighted by Gasteiger charge is -2.36. The molecule has 0 N–H and O–H groups in total. The molecule has 0 spiro atoms. The molecule has 1 aliphatic rings. The number of ether oxygens (including phenoxy) is 1. The molecule has 2 amide bonds. The number of rotatable bonds is 5. The Morgan fingerprint density at radius 3 is 2.25 bits per heavy atom. The Bertz CT molecular complexity index is 824. The van der Waals surface area contributed by atoms with Crippen molar-refractivity contribution >= 4 is 11.8 Å². The highest BCUT2D eigenvalue weighted by Crippen LogP contribution is 2.16. The summed E-state index contributed by atoms with van der Waals surface area (Å²) in [6, 6.07) is 15.5. The molecule has 28 heavy (non-hydrogen) atoms.